The fraction of sp³-hybridized carbons (Fsp3) is 0.320. The zero-order chi connectivity index (χ0) is 38.7. The Morgan fingerprint density at radius 1 is 0.491 bits per heavy atom. The second-order valence-electron chi connectivity index (χ2n) is 20.4. The summed E-state index contributed by atoms with van der Waals surface area (Å²) in [5.74, 6) is 0.743. The SMILES string of the molecule is CC(C)(C)c1ccc2c(c1)c1c(C(C)(C)C)ccc3c1n2-c1cc(-c2ncccn2)cc2c1B3c1ccc(C(C)(C)C)c3c4cc(C(C)(C)C)ccc4n-2c13. The summed E-state index contributed by atoms with van der Waals surface area (Å²) in [6, 6.07) is 30.9. The van der Waals surface area contributed by atoms with E-state index < -0.39 is 0 Å². The van der Waals surface area contributed by atoms with Crippen LogP contribution in [0.5, 0.6) is 0 Å². The van der Waals surface area contributed by atoms with Crippen LogP contribution in [0.15, 0.2) is 91.3 Å². The van der Waals surface area contributed by atoms with Crippen molar-refractivity contribution in [3.05, 3.63) is 114 Å². The van der Waals surface area contributed by atoms with Crippen molar-refractivity contribution in [1.82, 2.24) is 19.1 Å². The average molecular weight is 719 g/mol. The lowest BCUT2D eigenvalue weighted by molar-refractivity contribution is 0.590. The van der Waals surface area contributed by atoms with E-state index in [2.05, 4.69) is 165 Å². The van der Waals surface area contributed by atoms with Crippen molar-refractivity contribution in [3.8, 4) is 22.8 Å². The highest BCUT2D eigenvalue weighted by atomic mass is 15.0. The standard InChI is InChI=1S/C50H51BN4/c1-47(2,3)29-14-20-37-31(26-29)41-33(49(7,8)9)16-18-35-44(41)54(37)39-24-28(46-52-22-13-23-53-46)25-40-43(39)51(35)36-19-17-34(50(10,11)12)42-32-27-30(48(4,5)6)15-21-38(32)55(40)45(36)42/h13-27H,1-12H3. The van der Waals surface area contributed by atoms with Crippen molar-refractivity contribution < 1.29 is 0 Å². The first-order chi connectivity index (χ1) is 25.8. The molecule has 0 saturated carbocycles. The third-order valence-corrected chi connectivity index (χ3v) is 12.6. The summed E-state index contributed by atoms with van der Waals surface area (Å²) in [4.78, 5) is 9.67. The molecule has 0 amide bonds. The molecule has 0 N–H and O–H groups in total. The molecule has 2 aliphatic rings. The Morgan fingerprint density at radius 2 is 0.927 bits per heavy atom. The molecule has 0 aliphatic carbocycles. The van der Waals surface area contributed by atoms with E-state index in [0.717, 1.165) is 11.4 Å². The van der Waals surface area contributed by atoms with Gasteiger partial charge in [-0.15, -0.1) is 0 Å². The lowest BCUT2D eigenvalue weighted by Gasteiger charge is -2.35. The van der Waals surface area contributed by atoms with E-state index in [1.54, 1.807) is 0 Å². The van der Waals surface area contributed by atoms with Gasteiger partial charge in [-0.1, -0.05) is 119 Å². The van der Waals surface area contributed by atoms with E-state index in [1.807, 2.05) is 18.5 Å². The van der Waals surface area contributed by atoms with Gasteiger partial charge in [0.25, 0.3) is 6.71 Å². The number of hydrogen-bond donors (Lipinski definition) is 0. The molecule has 0 fully saturated rings. The van der Waals surface area contributed by atoms with Crippen molar-refractivity contribution in [2.24, 2.45) is 0 Å². The summed E-state index contributed by atoms with van der Waals surface area (Å²) in [5, 5.41) is 5.42. The van der Waals surface area contributed by atoms with Crippen LogP contribution in [0.4, 0.5) is 0 Å². The second-order valence-corrected chi connectivity index (χ2v) is 20.4. The molecule has 10 rings (SSSR count). The molecule has 2 aliphatic heterocycles. The first-order valence-electron chi connectivity index (χ1n) is 20.0. The minimum Gasteiger partial charge on any atom is -0.310 e. The highest BCUT2D eigenvalue weighted by Gasteiger charge is 2.43. The van der Waals surface area contributed by atoms with Crippen LogP contribution in [0.25, 0.3) is 66.4 Å². The maximum atomic E-state index is 4.84. The molecule has 4 nitrogen and oxygen atoms in total. The monoisotopic (exact) mass is 718 g/mol. The van der Waals surface area contributed by atoms with Gasteiger partial charge in [-0.2, -0.15) is 0 Å². The van der Waals surface area contributed by atoms with E-state index in [0.29, 0.717) is 0 Å². The summed E-state index contributed by atoms with van der Waals surface area (Å²) in [5.41, 5.74) is 18.2. The summed E-state index contributed by atoms with van der Waals surface area (Å²) >= 11 is 0. The molecule has 0 saturated heterocycles. The van der Waals surface area contributed by atoms with Gasteiger partial charge in [0.05, 0.1) is 11.0 Å². The zero-order valence-electron chi connectivity index (χ0n) is 34.5. The minimum absolute atomic E-state index is 0.0223. The van der Waals surface area contributed by atoms with Crippen LogP contribution in [-0.2, 0) is 21.7 Å². The predicted molar refractivity (Wildman–Crippen MR) is 236 cm³/mol. The van der Waals surface area contributed by atoms with Gasteiger partial charge in [-0.3, -0.25) is 0 Å². The van der Waals surface area contributed by atoms with Crippen LogP contribution in [0.3, 0.4) is 0 Å². The summed E-state index contributed by atoms with van der Waals surface area (Å²) in [6.45, 7) is 28.2. The molecule has 274 valence electrons. The van der Waals surface area contributed by atoms with Gasteiger partial charge in [0, 0.05) is 61.9 Å². The van der Waals surface area contributed by atoms with E-state index >= 15 is 0 Å². The first kappa shape index (κ1) is 34.3. The molecule has 5 heteroatoms. The molecule has 0 radical (unpaired) electrons. The van der Waals surface area contributed by atoms with Crippen molar-refractivity contribution in [3.63, 3.8) is 0 Å². The molecule has 3 aromatic heterocycles. The van der Waals surface area contributed by atoms with Crippen molar-refractivity contribution in [1.29, 1.82) is 0 Å². The summed E-state index contributed by atoms with van der Waals surface area (Å²) in [7, 11) is 0. The van der Waals surface area contributed by atoms with Gasteiger partial charge in [0.1, 0.15) is 0 Å². The van der Waals surface area contributed by atoms with E-state index in [1.165, 1.54) is 93.6 Å². The quantitative estimate of drug-likeness (QED) is 0.158. The Balaban J connectivity index is 1.45. The Hall–Kier alpha value is -5.16. The van der Waals surface area contributed by atoms with Crippen molar-refractivity contribution in [2.75, 3.05) is 0 Å². The predicted octanol–water partition coefficient (Wildman–Crippen LogP) is 10.7. The van der Waals surface area contributed by atoms with Crippen LogP contribution in [-0.4, -0.2) is 25.8 Å². The van der Waals surface area contributed by atoms with Crippen LogP contribution >= 0.6 is 0 Å². The van der Waals surface area contributed by atoms with Crippen LogP contribution in [0.2, 0.25) is 0 Å². The molecule has 0 atom stereocenters. The lowest BCUT2D eigenvalue weighted by atomic mass is 9.34. The van der Waals surface area contributed by atoms with Crippen LogP contribution in [0.1, 0.15) is 105 Å². The largest absolute Gasteiger partial charge is 0.310 e. The number of fused-ring (bicyclic) bond motifs is 10. The summed E-state index contributed by atoms with van der Waals surface area (Å²) in [6.07, 6.45) is 3.72. The maximum Gasteiger partial charge on any atom is 0.252 e. The molecule has 5 aromatic carbocycles. The van der Waals surface area contributed by atoms with Crippen LogP contribution in [0, 0.1) is 0 Å². The number of nitrogens with zero attached hydrogens (tertiary/aromatic N) is 4. The van der Waals surface area contributed by atoms with Gasteiger partial charge in [0.2, 0.25) is 0 Å². The van der Waals surface area contributed by atoms with Gasteiger partial charge >= 0.3 is 0 Å². The lowest BCUT2D eigenvalue weighted by Crippen LogP contribution is -2.59. The second kappa shape index (κ2) is 10.8. The van der Waals surface area contributed by atoms with Gasteiger partial charge in [-0.25, -0.2) is 9.97 Å². The van der Waals surface area contributed by atoms with Crippen molar-refractivity contribution >= 4 is 66.7 Å². The van der Waals surface area contributed by atoms with Gasteiger partial charge in [-0.05, 0) is 103 Å². The fourth-order valence-electron chi connectivity index (χ4n) is 9.84. The average Bonchev–Trinajstić information content (AvgIpc) is 3.64. The molecule has 0 spiro atoms. The molecule has 8 aromatic rings. The number of benzene rings is 5. The highest BCUT2D eigenvalue weighted by molar-refractivity contribution is 7.00. The Bertz CT molecular complexity index is 2770. The smallest absolute Gasteiger partial charge is 0.252 e. The number of rotatable bonds is 1. The van der Waals surface area contributed by atoms with Crippen LogP contribution < -0.4 is 16.4 Å². The fourth-order valence-corrected chi connectivity index (χ4v) is 9.84. The topological polar surface area (TPSA) is 35.6 Å². The van der Waals surface area contributed by atoms with Gasteiger partial charge in [0.15, 0.2) is 5.82 Å². The molecule has 55 heavy (non-hydrogen) atoms. The van der Waals surface area contributed by atoms with Gasteiger partial charge < -0.3 is 9.13 Å². The third-order valence-electron chi connectivity index (χ3n) is 12.6. The Labute approximate surface area is 325 Å². The normalized spacial score (nSPS) is 14.1. The number of aromatic nitrogens is 4. The number of hydrogen-bond acceptors (Lipinski definition) is 2. The summed E-state index contributed by atoms with van der Waals surface area (Å²) < 4.78 is 5.19. The van der Waals surface area contributed by atoms with E-state index in [4.69, 9.17) is 9.97 Å². The Morgan fingerprint density at radius 3 is 1.33 bits per heavy atom. The minimum atomic E-state index is -0.0497. The molecule has 5 heterocycles. The van der Waals surface area contributed by atoms with E-state index in [-0.39, 0.29) is 28.4 Å². The zero-order valence-corrected chi connectivity index (χ0v) is 34.5. The molecular weight excluding hydrogens is 667 g/mol. The van der Waals surface area contributed by atoms with E-state index in [9.17, 15) is 0 Å². The molecule has 0 unspecified atom stereocenters. The highest BCUT2D eigenvalue weighted by Crippen LogP contribution is 2.46. The Kier molecular flexibility index (Phi) is 6.73. The van der Waals surface area contributed by atoms with Crippen molar-refractivity contribution in [2.45, 2.75) is 105 Å². The maximum absolute atomic E-state index is 4.84. The molecular formula is C50H51BN4. The molecule has 0 bridgehead atoms. The first-order valence-corrected chi connectivity index (χ1v) is 20.0. The third kappa shape index (κ3) is 4.71.